The van der Waals surface area contributed by atoms with Crippen LogP contribution < -0.4 is 5.32 Å². The molecule has 1 nitrogen and oxygen atoms in total. The molecule has 1 fully saturated rings. The van der Waals surface area contributed by atoms with E-state index in [0.717, 1.165) is 18.4 Å². The molecule has 0 aliphatic heterocycles. The monoisotopic (exact) mass is 309 g/mol. The molecule has 0 amide bonds. The third-order valence-electron chi connectivity index (χ3n) is 4.09. The van der Waals surface area contributed by atoms with Gasteiger partial charge in [-0.1, -0.05) is 60.3 Å². The van der Waals surface area contributed by atoms with Crippen molar-refractivity contribution >= 4 is 15.9 Å². The van der Waals surface area contributed by atoms with Crippen molar-refractivity contribution in [3.05, 3.63) is 34.3 Å². The van der Waals surface area contributed by atoms with Crippen LogP contribution in [0.15, 0.2) is 28.7 Å². The average molecular weight is 310 g/mol. The molecule has 0 spiro atoms. The van der Waals surface area contributed by atoms with Gasteiger partial charge < -0.3 is 5.32 Å². The Bertz CT molecular complexity index is 360. The van der Waals surface area contributed by atoms with Crippen LogP contribution in [0.2, 0.25) is 0 Å². The standard InChI is InChI=1S/C16H24BrN/c1-2-10-18-12-15(13-7-5-8-13)11-14-6-3-4-9-16(14)17/h3-4,6,9,13,15,18H,2,5,7-8,10-12H2,1H3. The van der Waals surface area contributed by atoms with E-state index in [9.17, 15) is 0 Å². The van der Waals surface area contributed by atoms with Gasteiger partial charge in [-0.05, 0) is 49.4 Å². The second-order valence-electron chi connectivity index (χ2n) is 5.45. The Morgan fingerprint density at radius 2 is 2.11 bits per heavy atom. The highest BCUT2D eigenvalue weighted by atomic mass is 79.9. The first-order chi connectivity index (χ1) is 8.81. The molecule has 1 aromatic rings. The van der Waals surface area contributed by atoms with Gasteiger partial charge in [-0.15, -0.1) is 0 Å². The fourth-order valence-electron chi connectivity index (χ4n) is 2.73. The molecule has 2 rings (SSSR count). The van der Waals surface area contributed by atoms with Crippen LogP contribution >= 0.6 is 15.9 Å². The second-order valence-corrected chi connectivity index (χ2v) is 6.31. The van der Waals surface area contributed by atoms with Crippen LogP contribution in [0, 0.1) is 11.8 Å². The highest BCUT2D eigenvalue weighted by Gasteiger charge is 2.27. The molecule has 1 aromatic carbocycles. The summed E-state index contributed by atoms with van der Waals surface area (Å²) in [4.78, 5) is 0. The van der Waals surface area contributed by atoms with E-state index in [0.29, 0.717) is 0 Å². The Balaban J connectivity index is 1.93. The molecule has 0 saturated heterocycles. The van der Waals surface area contributed by atoms with Gasteiger partial charge in [0.2, 0.25) is 0 Å². The summed E-state index contributed by atoms with van der Waals surface area (Å²) in [6, 6.07) is 8.67. The molecule has 1 saturated carbocycles. The molecule has 0 bridgehead atoms. The lowest BCUT2D eigenvalue weighted by molar-refractivity contribution is 0.199. The molecule has 1 atom stereocenters. The molecule has 2 heteroatoms. The van der Waals surface area contributed by atoms with Crippen LogP contribution in [-0.4, -0.2) is 13.1 Å². The number of rotatable bonds is 7. The lowest BCUT2D eigenvalue weighted by atomic mass is 9.73. The Morgan fingerprint density at radius 1 is 1.33 bits per heavy atom. The van der Waals surface area contributed by atoms with Crippen molar-refractivity contribution < 1.29 is 0 Å². The summed E-state index contributed by atoms with van der Waals surface area (Å²) < 4.78 is 1.27. The molecule has 0 heterocycles. The zero-order valence-electron chi connectivity index (χ0n) is 11.3. The van der Waals surface area contributed by atoms with E-state index in [1.165, 1.54) is 48.7 Å². The maximum Gasteiger partial charge on any atom is 0.0207 e. The molecule has 1 unspecified atom stereocenters. The predicted molar refractivity (Wildman–Crippen MR) is 81.8 cm³/mol. The van der Waals surface area contributed by atoms with Gasteiger partial charge in [0.15, 0.2) is 0 Å². The first-order valence-electron chi connectivity index (χ1n) is 7.25. The summed E-state index contributed by atoms with van der Waals surface area (Å²) in [6.45, 7) is 4.57. The lowest BCUT2D eigenvalue weighted by Crippen LogP contribution is -2.33. The van der Waals surface area contributed by atoms with Crippen LogP contribution in [0.25, 0.3) is 0 Å². The molecular formula is C16H24BrN. The summed E-state index contributed by atoms with van der Waals surface area (Å²) in [5.74, 6) is 1.76. The molecule has 18 heavy (non-hydrogen) atoms. The van der Waals surface area contributed by atoms with Crippen LogP contribution in [0.5, 0.6) is 0 Å². The quantitative estimate of drug-likeness (QED) is 0.736. The topological polar surface area (TPSA) is 12.0 Å². The minimum Gasteiger partial charge on any atom is -0.316 e. The van der Waals surface area contributed by atoms with Crippen molar-refractivity contribution in [1.29, 1.82) is 0 Å². The summed E-state index contributed by atoms with van der Waals surface area (Å²) in [5.41, 5.74) is 1.47. The normalized spacial score (nSPS) is 17.4. The first kappa shape index (κ1) is 14.1. The fraction of sp³-hybridized carbons (Fsp3) is 0.625. The summed E-state index contributed by atoms with van der Waals surface area (Å²) >= 11 is 3.68. The highest BCUT2D eigenvalue weighted by Crippen LogP contribution is 2.35. The van der Waals surface area contributed by atoms with Crippen molar-refractivity contribution in [2.24, 2.45) is 11.8 Å². The van der Waals surface area contributed by atoms with Gasteiger partial charge in [-0.25, -0.2) is 0 Å². The van der Waals surface area contributed by atoms with E-state index in [4.69, 9.17) is 0 Å². The van der Waals surface area contributed by atoms with Gasteiger partial charge in [0.1, 0.15) is 0 Å². The van der Waals surface area contributed by atoms with E-state index in [1.807, 2.05) is 0 Å². The number of nitrogens with one attached hydrogen (secondary N) is 1. The molecule has 0 aromatic heterocycles. The van der Waals surface area contributed by atoms with Crippen LogP contribution in [0.3, 0.4) is 0 Å². The highest BCUT2D eigenvalue weighted by molar-refractivity contribution is 9.10. The van der Waals surface area contributed by atoms with Crippen LogP contribution in [0.1, 0.15) is 38.2 Å². The van der Waals surface area contributed by atoms with Crippen molar-refractivity contribution in [2.45, 2.75) is 39.0 Å². The number of halogens is 1. The second kappa shape index (κ2) is 7.30. The van der Waals surface area contributed by atoms with E-state index in [-0.39, 0.29) is 0 Å². The van der Waals surface area contributed by atoms with Crippen LogP contribution in [0.4, 0.5) is 0 Å². The van der Waals surface area contributed by atoms with Crippen LogP contribution in [-0.2, 0) is 6.42 Å². The van der Waals surface area contributed by atoms with Crippen molar-refractivity contribution in [3.8, 4) is 0 Å². The number of benzene rings is 1. The van der Waals surface area contributed by atoms with Crippen molar-refractivity contribution in [2.75, 3.05) is 13.1 Å². The van der Waals surface area contributed by atoms with E-state index < -0.39 is 0 Å². The first-order valence-corrected chi connectivity index (χ1v) is 8.04. The van der Waals surface area contributed by atoms with Crippen molar-refractivity contribution in [1.82, 2.24) is 5.32 Å². The number of hydrogen-bond acceptors (Lipinski definition) is 1. The summed E-state index contributed by atoms with van der Waals surface area (Å²) in [6.07, 6.45) is 6.74. The Labute approximate surface area is 119 Å². The molecule has 1 aliphatic rings. The third-order valence-corrected chi connectivity index (χ3v) is 4.86. The predicted octanol–water partition coefficient (Wildman–Crippen LogP) is 4.41. The Kier molecular flexibility index (Phi) is 5.71. The largest absolute Gasteiger partial charge is 0.316 e. The molecular weight excluding hydrogens is 286 g/mol. The molecule has 100 valence electrons. The van der Waals surface area contributed by atoms with Gasteiger partial charge in [-0.3, -0.25) is 0 Å². The lowest BCUT2D eigenvalue weighted by Gasteiger charge is -2.34. The van der Waals surface area contributed by atoms with Gasteiger partial charge in [0.05, 0.1) is 0 Å². The minimum atomic E-state index is 0.809. The SMILES string of the molecule is CCCNCC(Cc1ccccc1Br)C1CCC1. The van der Waals surface area contributed by atoms with Gasteiger partial charge in [0, 0.05) is 4.47 Å². The molecule has 0 radical (unpaired) electrons. The maximum absolute atomic E-state index is 3.68. The summed E-state index contributed by atoms with van der Waals surface area (Å²) in [7, 11) is 0. The van der Waals surface area contributed by atoms with Gasteiger partial charge in [-0.2, -0.15) is 0 Å². The minimum absolute atomic E-state index is 0.809. The zero-order chi connectivity index (χ0) is 12.8. The van der Waals surface area contributed by atoms with E-state index >= 15 is 0 Å². The van der Waals surface area contributed by atoms with E-state index in [1.54, 1.807) is 0 Å². The Hall–Kier alpha value is -0.340. The Morgan fingerprint density at radius 3 is 2.72 bits per heavy atom. The maximum atomic E-state index is 3.68. The van der Waals surface area contributed by atoms with Crippen molar-refractivity contribution in [3.63, 3.8) is 0 Å². The average Bonchev–Trinajstić information content (AvgIpc) is 2.30. The fourth-order valence-corrected chi connectivity index (χ4v) is 3.17. The zero-order valence-corrected chi connectivity index (χ0v) is 12.9. The molecule has 1 aliphatic carbocycles. The van der Waals surface area contributed by atoms with Gasteiger partial charge >= 0.3 is 0 Å². The van der Waals surface area contributed by atoms with Gasteiger partial charge in [0.25, 0.3) is 0 Å². The van der Waals surface area contributed by atoms with E-state index in [2.05, 4.69) is 52.4 Å². The third kappa shape index (κ3) is 3.83. The number of hydrogen-bond donors (Lipinski definition) is 1. The summed E-state index contributed by atoms with van der Waals surface area (Å²) in [5, 5.41) is 3.61. The smallest absolute Gasteiger partial charge is 0.0207 e. The molecule has 1 N–H and O–H groups in total.